The summed E-state index contributed by atoms with van der Waals surface area (Å²) in [6, 6.07) is 7.93. The summed E-state index contributed by atoms with van der Waals surface area (Å²) in [6.07, 6.45) is 3.78. The summed E-state index contributed by atoms with van der Waals surface area (Å²) in [4.78, 5) is 19.5. The molecule has 3 aromatic rings. The van der Waals surface area contributed by atoms with Gasteiger partial charge in [-0.2, -0.15) is 5.10 Å². The number of nitrogens with zero attached hydrogens (tertiary/aromatic N) is 3. The number of morpholine rings is 1. The van der Waals surface area contributed by atoms with E-state index in [1.54, 1.807) is 12.4 Å². The molecule has 0 radical (unpaired) electrons. The predicted molar refractivity (Wildman–Crippen MR) is 117 cm³/mol. The minimum atomic E-state index is -0.240. The van der Waals surface area contributed by atoms with Gasteiger partial charge in [-0.15, -0.1) is 0 Å². The van der Waals surface area contributed by atoms with Crippen LogP contribution in [-0.2, 0) is 23.1 Å². The van der Waals surface area contributed by atoms with E-state index in [1.807, 2.05) is 24.3 Å². The molecule has 0 saturated carbocycles. The molecule has 1 fully saturated rings. The highest BCUT2D eigenvalue weighted by Gasteiger charge is 2.21. The van der Waals surface area contributed by atoms with E-state index >= 15 is 0 Å². The van der Waals surface area contributed by atoms with E-state index in [4.69, 9.17) is 9.15 Å². The average molecular weight is 424 g/mol. The van der Waals surface area contributed by atoms with Crippen LogP contribution in [-0.4, -0.2) is 52.3 Å². The van der Waals surface area contributed by atoms with Crippen molar-refractivity contribution in [1.29, 1.82) is 0 Å². The topological polar surface area (TPSA) is 96.3 Å². The number of ether oxygens (including phenoxy) is 1. The van der Waals surface area contributed by atoms with Crippen LogP contribution in [0.25, 0.3) is 0 Å². The Morgan fingerprint density at radius 2 is 1.90 bits per heavy atom. The first-order valence-corrected chi connectivity index (χ1v) is 10.6. The minimum absolute atomic E-state index is 0.115. The van der Waals surface area contributed by atoms with Gasteiger partial charge in [0.25, 0.3) is 5.91 Å². The van der Waals surface area contributed by atoms with Gasteiger partial charge in [0.15, 0.2) is 5.89 Å². The van der Waals surface area contributed by atoms with Gasteiger partial charge in [0.1, 0.15) is 11.5 Å². The molecule has 3 heterocycles. The van der Waals surface area contributed by atoms with Crippen molar-refractivity contribution in [2.24, 2.45) is 0 Å². The smallest absolute Gasteiger partial charge is 0.273 e. The Kier molecular flexibility index (Phi) is 6.20. The molecule has 0 aliphatic carbocycles. The number of amides is 1. The summed E-state index contributed by atoms with van der Waals surface area (Å²) in [6.45, 7) is 10.6. The van der Waals surface area contributed by atoms with Crippen molar-refractivity contribution >= 4 is 11.6 Å². The van der Waals surface area contributed by atoms with E-state index in [9.17, 15) is 4.79 Å². The van der Waals surface area contributed by atoms with Gasteiger partial charge in [0.05, 0.1) is 32.0 Å². The molecule has 164 valence electrons. The number of carbonyl (C=O) groups is 1. The molecule has 0 bridgehead atoms. The average Bonchev–Trinajstić information content (AvgIpc) is 3.40. The van der Waals surface area contributed by atoms with E-state index in [-0.39, 0.29) is 11.3 Å². The molecule has 4 rings (SSSR count). The van der Waals surface area contributed by atoms with Crippen molar-refractivity contribution in [2.45, 2.75) is 39.2 Å². The van der Waals surface area contributed by atoms with Crippen molar-refractivity contribution in [3.8, 4) is 0 Å². The third-order valence-corrected chi connectivity index (χ3v) is 5.30. The second-order valence-electron chi connectivity index (χ2n) is 8.85. The number of hydrogen-bond donors (Lipinski definition) is 2. The van der Waals surface area contributed by atoms with E-state index in [0.717, 1.165) is 49.9 Å². The number of oxazole rings is 1. The van der Waals surface area contributed by atoms with Crippen molar-refractivity contribution in [3.63, 3.8) is 0 Å². The number of aromatic nitrogens is 3. The molecule has 8 heteroatoms. The Balaban J connectivity index is 1.38. The molecule has 1 aliphatic rings. The molecule has 1 aliphatic heterocycles. The van der Waals surface area contributed by atoms with Gasteiger partial charge in [-0.3, -0.25) is 14.8 Å². The molecule has 31 heavy (non-hydrogen) atoms. The number of hydrogen-bond acceptors (Lipinski definition) is 6. The van der Waals surface area contributed by atoms with Crippen LogP contribution >= 0.6 is 0 Å². The van der Waals surface area contributed by atoms with Crippen LogP contribution in [0, 0.1) is 0 Å². The molecule has 8 nitrogen and oxygen atoms in total. The Labute approximate surface area is 182 Å². The number of H-pyrrole nitrogens is 1. The highest BCUT2D eigenvalue weighted by Crippen LogP contribution is 2.24. The van der Waals surface area contributed by atoms with E-state index in [1.165, 1.54) is 5.56 Å². The first-order valence-electron chi connectivity index (χ1n) is 10.6. The van der Waals surface area contributed by atoms with Crippen LogP contribution in [0.1, 0.15) is 54.0 Å². The molecule has 2 aromatic heterocycles. The zero-order chi connectivity index (χ0) is 21.8. The standard InChI is InChI=1S/C23H29N5O3/c1-23(2,3)19-14-24-20(31-19)12-17-13-25-27-21(17)22(29)26-18-6-4-16(5-7-18)15-28-8-10-30-11-9-28/h4-7,13-14H,8-12,15H2,1-3H3,(H,25,27)(H,26,29). The lowest BCUT2D eigenvalue weighted by molar-refractivity contribution is 0.0342. The Bertz CT molecular complexity index is 1010. The second kappa shape index (κ2) is 9.03. The van der Waals surface area contributed by atoms with Crippen LogP contribution in [0.4, 0.5) is 5.69 Å². The largest absolute Gasteiger partial charge is 0.445 e. The zero-order valence-electron chi connectivity index (χ0n) is 18.3. The maximum Gasteiger partial charge on any atom is 0.273 e. The minimum Gasteiger partial charge on any atom is -0.445 e. The van der Waals surface area contributed by atoms with Crippen LogP contribution in [0.3, 0.4) is 0 Å². The molecule has 0 atom stereocenters. The summed E-state index contributed by atoms with van der Waals surface area (Å²) in [7, 11) is 0. The van der Waals surface area contributed by atoms with Gasteiger partial charge in [-0.25, -0.2) is 4.98 Å². The fourth-order valence-electron chi connectivity index (χ4n) is 3.45. The van der Waals surface area contributed by atoms with Crippen LogP contribution in [0.2, 0.25) is 0 Å². The van der Waals surface area contributed by atoms with Crippen molar-refractivity contribution in [3.05, 3.63) is 65.1 Å². The highest BCUT2D eigenvalue weighted by atomic mass is 16.5. The monoisotopic (exact) mass is 423 g/mol. The maximum atomic E-state index is 12.8. The number of benzene rings is 1. The lowest BCUT2D eigenvalue weighted by Crippen LogP contribution is -2.35. The van der Waals surface area contributed by atoms with Crippen molar-refractivity contribution < 1.29 is 13.9 Å². The van der Waals surface area contributed by atoms with Gasteiger partial charge >= 0.3 is 0 Å². The molecular weight excluding hydrogens is 394 g/mol. The number of anilines is 1. The zero-order valence-corrected chi connectivity index (χ0v) is 18.3. The number of aromatic amines is 1. The third kappa shape index (κ3) is 5.39. The fourth-order valence-corrected chi connectivity index (χ4v) is 3.45. The lowest BCUT2D eigenvalue weighted by atomic mass is 9.94. The van der Waals surface area contributed by atoms with E-state index in [2.05, 4.69) is 46.2 Å². The summed E-state index contributed by atoms with van der Waals surface area (Å²) in [5.41, 5.74) is 2.98. The quantitative estimate of drug-likeness (QED) is 0.631. The van der Waals surface area contributed by atoms with Crippen molar-refractivity contribution in [1.82, 2.24) is 20.1 Å². The summed E-state index contributed by atoms with van der Waals surface area (Å²) >= 11 is 0. The maximum absolute atomic E-state index is 12.8. The normalized spacial score (nSPS) is 15.2. The number of rotatable bonds is 6. The predicted octanol–water partition coefficient (Wildman–Crippen LogP) is 3.37. The Morgan fingerprint density at radius 1 is 1.16 bits per heavy atom. The molecule has 1 amide bonds. The summed E-state index contributed by atoms with van der Waals surface area (Å²) in [5, 5.41) is 9.78. The molecule has 0 unspecified atom stereocenters. The van der Waals surface area contributed by atoms with Gasteiger partial charge in [0, 0.05) is 36.3 Å². The Morgan fingerprint density at radius 3 is 2.58 bits per heavy atom. The summed E-state index contributed by atoms with van der Waals surface area (Å²) in [5.74, 6) is 1.14. The van der Waals surface area contributed by atoms with E-state index < -0.39 is 0 Å². The fraction of sp³-hybridized carbons (Fsp3) is 0.435. The van der Waals surface area contributed by atoms with Gasteiger partial charge in [0.2, 0.25) is 0 Å². The van der Waals surface area contributed by atoms with Crippen LogP contribution in [0.15, 0.2) is 41.1 Å². The van der Waals surface area contributed by atoms with Crippen molar-refractivity contribution in [2.75, 3.05) is 31.6 Å². The van der Waals surface area contributed by atoms with Crippen LogP contribution in [0.5, 0.6) is 0 Å². The lowest BCUT2D eigenvalue weighted by Gasteiger charge is -2.26. The molecule has 0 spiro atoms. The van der Waals surface area contributed by atoms with E-state index in [0.29, 0.717) is 18.0 Å². The first kappa shape index (κ1) is 21.3. The van der Waals surface area contributed by atoms with Gasteiger partial charge < -0.3 is 14.5 Å². The molecule has 1 saturated heterocycles. The summed E-state index contributed by atoms with van der Waals surface area (Å²) < 4.78 is 11.2. The molecule has 1 aromatic carbocycles. The SMILES string of the molecule is CC(C)(C)c1cnc(Cc2cn[nH]c2C(=O)Nc2ccc(CN3CCOCC3)cc2)o1. The second-order valence-corrected chi connectivity index (χ2v) is 8.85. The number of carbonyl (C=O) groups excluding carboxylic acids is 1. The first-order chi connectivity index (χ1) is 14.9. The molecular formula is C23H29N5O3. The number of nitrogens with one attached hydrogen (secondary N) is 2. The molecule has 2 N–H and O–H groups in total. The van der Waals surface area contributed by atoms with Crippen LogP contribution < -0.4 is 5.32 Å². The Hall–Kier alpha value is -2.97. The van der Waals surface area contributed by atoms with Gasteiger partial charge in [-0.05, 0) is 17.7 Å². The highest BCUT2D eigenvalue weighted by molar-refractivity contribution is 6.03. The third-order valence-electron chi connectivity index (χ3n) is 5.30. The van der Waals surface area contributed by atoms with Gasteiger partial charge in [-0.1, -0.05) is 32.9 Å².